The maximum absolute atomic E-state index is 12.9. The average Bonchev–Trinajstić information content (AvgIpc) is 2.84. The number of aliphatic hydroxyl groups is 1. The Hall–Kier alpha value is -3.57. The fourth-order valence-corrected chi connectivity index (χ4v) is 4.55. The highest BCUT2D eigenvalue weighted by Gasteiger charge is 2.22. The zero-order chi connectivity index (χ0) is 22.8. The van der Waals surface area contributed by atoms with Crippen molar-refractivity contribution in [3.05, 3.63) is 88.7 Å². The van der Waals surface area contributed by atoms with Crippen molar-refractivity contribution in [3.63, 3.8) is 0 Å². The summed E-state index contributed by atoms with van der Waals surface area (Å²) in [7, 11) is 0. The molecule has 1 aliphatic rings. The fraction of sp³-hybridized carbons (Fsp3) is 0.250. The lowest BCUT2D eigenvalue weighted by molar-refractivity contribution is -0.115. The molecule has 0 saturated carbocycles. The van der Waals surface area contributed by atoms with Gasteiger partial charge in [-0.15, -0.1) is 0 Å². The van der Waals surface area contributed by atoms with E-state index in [0.717, 1.165) is 64.8 Å². The summed E-state index contributed by atoms with van der Waals surface area (Å²) >= 11 is 0. The van der Waals surface area contributed by atoms with E-state index in [9.17, 15) is 9.90 Å². The maximum Gasteiger partial charge on any atom is 0.229 e. The average molecular weight is 438 g/mol. The first-order valence-electron chi connectivity index (χ1n) is 11.5. The third-order valence-corrected chi connectivity index (χ3v) is 6.20. The molecule has 5 heteroatoms. The molecule has 0 saturated heterocycles. The monoisotopic (exact) mass is 437 g/mol. The quantitative estimate of drug-likeness (QED) is 0.444. The molecule has 0 radical (unpaired) electrons. The van der Waals surface area contributed by atoms with E-state index in [-0.39, 0.29) is 12.5 Å². The van der Waals surface area contributed by atoms with Crippen molar-refractivity contribution in [1.82, 2.24) is 9.97 Å². The Labute approximate surface area is 193 Å². The van der Waals surface area contributed by atoms with Crippen LogP contribution in [0, 0.1) is 0 Å². The Morgan fingerprint density at radius 3 is 2.61 bits per heavy atom. The molecule has 5 rings (SSSR count). The highest BCUT2D eigenvalue weighted by Crippen LogP contribution is 2.33. The van der Waals surface area contributed by atoms with E-state index in [4.69, 9.17) is 9.97 Å². The molecule has 1 aliphatic carbocycles. The Morgan fingerprint density at radius 1 is 0.970 bits per heavy atom. The molecule has 4 aromatic rings. The molecule has 5 nitrogen and oxygen atoms in total. The van der Waals surface area contributed by atoms with Crippen molar-refractivity contribution >= 4 is 22.5 Å². The van der Waals surface area contributed by atoms with Crippen molar-refractivity contribution in [2.75, 3.05) is 5.32 Å². The maximum atomic E-state index is 12.9. The number of anilines is 1. The number of aryl methyl sites for hydroxylation is 3. The van der Waals surface area contributed by atoms with Gasteiger partial charge in [0.2, 0.25) is 5.91 Å². The fourth-order valence-electron chi connectivity index (χ4n) is 4.55. The van der Waals surface area contributed by atoms with Crippen molar-refractivity contribution in [1.29, 1.82) is 0 Å². The second kappa shape index (κ2) is 9.12. The van der Waals surface area contributed by atoms with Gasteiger partial charge >= 0.3 is 0 Å². The molecule has 0 aliphatic heterocycles. The number of hydrogen-bond donors (Lipinski definition) is 2. The summed E-state index contributed by atoms with van der Waals surface area (Å²) in [6.45, 7) is 2.14. The molecule has 3 aromatic carbocycles. The number of carbonyl (C=O) groups excluding carboxylic acids is 1. The number of nitrogens with one attached hydrogen (secondary N) is 1. The van der Waals surface area contributed by atoms with E-state index in [1.165, 1.54) is 10.9 Å². The molecule has 0 fully saturated rings. The highest BCUT2D eigenvalue weighted by atomic mass is 16.3. The number of benzene rings is 3. The third kappa shape index (κ3) is 4.37. The number of nitrogens with zero attached hydrogens (tertiary/aromatic N) is 2. The van der Waals surface area contributed by atoms with E-state index in [2.05, 4.69) is 42.6 Å². The molecule has 1 aromatic heterocycles. The van der Waals surface area contributed by atoms with Crippen molar-refractivity contribution in [2.24, 2.45) is 0 Å². The molecule has 0 unspecified atom stereocenters. The summed E-state index contributed by atoms with van der Waals surface area (Å²) in [4.78, 5) is 22.7. The standard InChI is InChI=1S/C28H27N3O2/c1-2-5-25-28(31-26(33)16-18-8-10-20-6-3-4-7-21(20)14-18)30-24-13-11-22-15-19(17-32)9-12-23(22)27(24)29-25/h3-4,6-10,12,14-15,32H,2,5,11,13,16-17H2,1H3,(H,30,31,33). The van der Waals surface area contributed by atoms with Crippen LogP contribution in [0.2, 0.25) is 0 Å². The summed E-state index contributed by atoms with van der Waals surface area (Å²) in [5.74, 6) is 0.498. The van der Waals surface area contributed by atoms with Gasteiger partial charge in [-0.3, -0.25) is 4.79 Å². The van der Waals surface area contributed by atoms with Crippen molar-refractivity contribution in [2.45, 2.75) is 45.6 Å². The topological polar surface area (TPSA) is 75.1 Å². The summed E-state index contributed by atoms with van der Waals surface area (Å²) in [5.41, 5.74) is 6.80. The minimum Gasteiger partial charge on any atom is -0.392 e. The van der Waals surface area contributed by atoms with Gasteiger partial charge < -0.3 is 10.4 Å². The van der Waals surface area contributed by atoms with Crippen molar-refractivity contribution in [3.8, 4) is 11.3 Å². The number of aromatic nitrogens is 2. The summed E-state index contributed by atoms with van der Waals surface area (Å²) in [6.07, 6.45) is 3.57. The van der Waals surface area contributed by atoms with Gasteiger partial charge in [0.05, 0.1) is 30.1 Å². The van der Waals surface area contributed by atoms with Crippen LogP contribution in [0.15, 0.2) is 60.7 Å². The molecule has 0 bridgehead atoms. The molecule has 1 heterocycles. The predicted molar refractivity (Wildman–Crippen MR) is 131 cm³/mol. The van der Waals surface area contributed by atoms with E-state index >= 15 is 0 Å². The van der Waals surface area contributed by atoms with Gasteiger partial charge in [-0.25, -0.2) is 9.97 Å². The molecule has 0 spiro atoms. The Bertz CT molecular complexity index is 1350. The van der Waals surface area contributed by atoms with Crippen LogP contribution in [0.3, 0.4) is 0 Å². The number of carbonyl (C=O) groups is 1. The van der Waals surface area contributed by atoms with E-state index in [1.807, 2.05) is 30.3 Å². The van der Waals surface area contributed by atoms with Crippen LogP contribution in [0.1, 0.15) is 41.4 Å². The van der Waals surface area contributed by atoms with Crippen LogP contribution < -0.4 is 5.32 Å². The van der Waals surface area contributed by atoms with Crippen LogP contribution in [0.5, 0.6) is 0 Å². The van der Waals surface area contributed by atoms with Gasteiger partial charge in [0, 0.05) is 5.56 Å². The second-order valence-corrected chi connectivity index (χ2v) is 8.62. The largest absolute Gasteiger partial charge is 0.392 e. The molecule has 33 heavy (non-hydrogen) atoms. The molecule has 1 amide bonds. The molecular weight excluding hydrogens is 410 g/mol. The molecule has 2 N–H and O–H groups in total. The smallest absolute Gasteiger partial charge is 0.229 e. The van der Waals surface area contributed by atoms with Crippen LogP contribution in [-0.2, 0) is 37.1 Å². The number of rotatable bonds is 6. The lowest BCUT2D eigenvalue weighted by Gasteiger charge is -2.21. The zero-order valence-electron chi connectivity index (χ0n) is 18.8. The third-order valence-electron chi connectivity index (χ3n) is 6.20. The van der Waals surface area contributed by atoms with E-state index < -0.39 is 0 Å². The SMILES string of the molecule is CCCc1nc2c(nc1NC(=O)Cc1ccc3ccccc3c1)CCc1cc(CO)ccc1-2. The number of amides is 1. The van der Waals surface area contributed by atoms with Crippen LogP contribution in [0.25, 0.3) is 22.0 Å². The van der Waals surface area contributed by atoms with Crippen LogP contribution in [0.4, 0.5) is 5.82 Å². The number of aliphatic hydroxyl groups excluding tert-OH is 1. The van der Waals surface area contributed by atoms with Gasteiger partial charge in [-0.2, -0.15) is 0 Å². The molecule has 0 atom stereocenters. The van der Waals surface area contributed by atoms with Crippen LogP contribution >= 0.6 is 0 Å². The zero-order valence-corrected chi connectivity index (χ0v) is 18.8. The van der Waals surface area contributed by atoms with Gasteiger partial charge in [0.1, 0.15) is 0 Å². The minimum atomic E-state index is -0.0827. The first-order chi connectivity index (χ1) is 16.1. The highest BCUT2D eigenvalue weighted by molar-refractivity contribution is 5.93. The van der Waals surface area contributed by atoms with Crippen LogP contribution in [-0.4, -0.2) is 21.0 Å². The van der Waals surface area contributed by atoms with Gasteiger partial charge in [-0.1, -0.05) is 74.0 Å². The lowest BCUT2D eigenvalue weighted by atomic mass is 9.90. The van der Waals surface area contributed by atoms with Gasteiger partial charge in [-0.05, 0) is 46.7 Å². The normalized spacial score (nSPS) is 12.3. The van der Waals surface area contributed by atoms with E-state index in [1.54, 1.807) is 0 Å². The summed E-state index contributed by atoms with van der Waals surface area (Å²) in [5, 5.41) is 14.8. The Kier molecular flexibility index (Phi) is 5.88. The molecule has 166 valence electrons. The van der Waals surface area contributed by atoms with E-state index in [0.29, 0.717) is 12.2 Å². The van der Waals surface area contributed by atoms with Gasteiger partial charge in [0.15, 0.2) is 5.82 Å². The lowest BCUT2D eigenvalue weighted by Crippen LogP contribution is -2.20. The number of fused-ring (bicyclic) bond motifs is 4. The predicted octanol–water partition coefficient (Wildman–Crippen LogP) is 5.02. The Balaban J connectivity index is 1.42. The van der Waals surface area contributed by atoms with Crippen molar-refractivity contribution < 1.29 is 9.90 Å². The first kappa shape index (κ1) is 21.3. The molecular formula is C28H27N3O2. The summed E-state index contributed by atoms with van der Waals surface area (Å²) < 4.78 is 0. The first-order valence-corrected chi connectivity index (χ1v) is 11.5. The number of hydrogen-bond acceptors (Lipinski definition) is 4. The minimum absolute atomic E-state index is 0.0368. The van der Waals surface area contributed by atoms with Gasteiger partial charge in [0.25, 0.3) is 0 Å². The summed E-state index contributed by atoms with van der Waals surface area (Å²) in [6, 6.07) is 20.3. The Morgan fingerprint density at radius 2 is 1.79 bits per heavy atom. The second-order valence-electron chi connectivity index (χ2n) is 8.62.